The van der Waals surface area contributed by atoms with Crippen LogP contribution in [0.5, 0.6) is 0 Å². The summed E-state index contributed by atoms with van der Waals surface area (Å²) in [5, 5.41) is 11.9. The molecule has 7 aromatic rings. The molecular formula is C47H43N. The van der Waals surface area contributed by atoms with Crippen LogP contribution in [0.2, 0.25) is 0 Å². The van der Waals surface area contributed by atoms with Crippen LogP contribution < -0.4 is 5.32 Å². The zero-order chi connectivity index (χ0) is 33.2. The second kappa shape index (κ2) is 9.83. The highest BCUT2D eigenvalue weighted by atomic mass is 15.0. The van der Waals surface area contributed by atoms with Crippen molar-refractivity contribution in [2.24, 2.45) is 0 Å². The highest BCUT2D eigenvalue weighted by molar-refractivity contribution is 6.26. The summed E-state index contributed by atoms with van der Waals surface area (Å²) in [4.78, 5) is 0. The minimum Gasteiger partial charge on any atom is -0.376 e. The molecule has 1 unspecified atom stereocenters. The number of hydrogen-bond acceptors (Lipinski definition) is 1. The average molecular weight is 622 g/mol. The van der Waals surface area contributed by atoms with Gasteiger partial charge in [0.15, 0.2) is 0 Å². The van der Waals surface area contributed by atoms with E-state index in [1.807, 2.05) is 0 Å². The van der Waals surface area contributed by atoms with Gasteiger partial charge in [0.05, 0.1) is 5.54 Å². The Labute approximate surface area is 284 Å². The lowest BCUT2D eigenvalue weighted by atomic mass is 9.78. The Balaban J connectivity index is 1.21. The van der Waals surface area contributed by atoms with Crippen molar-refractivity contribution >= 4 is 38.0 Å². The van der Waals surface area contributed by atoms with E-state index < -0.39 is 0 Å². The first-order valence-electron chi connectivity index (χ1n) is 17.6. The summed E-state index contributed by atoms with van der Waals surface area (Å²) < 4.78 is 0. The van der Waals surface area contributed by atoms with Gasteiger partial charge in [-0.2, -0.15) is 0 Å². The summed E-state index contributed by atoms with van der Waals surface area (Å²) in [6.45, 7) is 16.5. The van der Waals surface area contributed by atoms with Crippen molar-refractivity contribution in [3.63, 3.8) is 0 Å². The lowest BCUT2D eigenvalue weighted by Crippen LogP contribution is -2.31. The molecular weight excluding hydrogens is 579 g/mol. The first kappa shape index (κ1) is 29.3. The minimum atomic E-state index is -0.175. The van der Waals surface area contributed by atoms with E-state index in [1.165, 1.54) is 93.6 Å². The largest absolute Gasteiger partial charge is 0.376 e. The number of anilines is 1. The van der Waals surface area contributed by atoms with Crippen molar-refractivity contribution in [1.29, 1.82) is 0 Å². The number of aryl methyl sites for hydroxylation is 1. The van der Waals surface area contributed by atoms with Crippen molar-refractivity contribution in [2.75, 3.05) is 5.32 Å². The van der Waals surface area contributed by atoms with Gasteiger partial charge in [0, 0.05) is 16.5 Å². The number of rotatable bonds is 4. The van der Waals surface area contributed by atoms with E-state index in [4.69, 9.17) is 0 Å². The number of nitrogens with one attached hydrogen (secondary N) is 1. The molecule has 1 atom stereocenters. The molecule has 7 aromatic carbocycles. The Morgan fingerprint density at radius 1 is 0.500 bits per heavy atom. The van der Waals surface area contributed by atoms with Crippen LogP contribution >= 0.6 is 0 Å². The Morgan fingerprint density at radius 2 is 0.958 bits per heavy atom. The first-order valence-corrected chi connectivity index (χ1v) is 17.6. The Hall–Kier alpha value is -4.88. The molecule has 2 aliphatic carbocycles. The van der Waals surface area contributed by atoms with Gasteiger partial charge in [0.1, 0.15) is 0 Å². The normalized spacial score (nSPS) is 16.4. The predicted octanol–water partition coefficient (Wildman–Crippen LogP) is 12.8. The van der Waals surface area contributed by atoms with E-state index in [1.54, 1.807) is 0 Å². The van der Waals surface area contributed by atoms with Gasteiger partial charge in [-0.15, -0.1) is 0 Å². The minimum absolute atomic E-state index is 0.105. The molecule has 0 bridgehead atoms. The van der Waals surface area contributed by atoms with E-state index in [9.17, 15) is 0 Å². The molecule has 1 nitrogen and oxygen atoms in total. The van der Waals surface area contributed by atoms with Crippen molar-refractivity contribution in [3.05, 3.63) is 149 Å². The lowest BCUT2D eigenvalue weighted by molar-refractivity contribution is 0.521. The molecule has 1 N–H and O–H groups in total. The molecule has 0 spiro atoms. The van der Waals surface area contributed by atoms with Gasteiger partial charge in [0.2, 0.25) is 0 Å². The Morgan fingerprint density at radius 3 is 1.52 bits per heavy atom. The molecule has 2 aliphatic rings. The molecule has 236 valence electrons. The second-order valence-electron chi connectivity index (χ2n) is 15.7. The lowest BCUT2D eigenvalue weighted by Gasteiger charge is -2.33. The van der Waals surface area contributed by atoms with Gasteiger partial charge in [-0.3, -0.25) is 0 Å². The SMILES string of the molecule is CCC(C)(Nc1ccc(C)cc1)c1ccc2c(c1)C(C)(C)c1cc3c(cc1-2)C(C)(C)c1cc2c4ccccc4c4ccccc4c2cc1-3. The molecule has 0 radical (unpaired) electrons. The van der Waals surface area contributed by atoms with Crippen LogP contribution in [0.4, 0.5) is 5.69 Å². The van der Waals surface area contributed by atoms with Gasteiger partial charge in [-0.25, -0.2) is 0 Å². The third-order valence-electron chi connectivity index (χ3n) is 12.1. The van der Waals surface area contributed by atoms with Crippen LogP contribution in [0.1, 0.15) is 81.3 Å². The van der Waals surface area contributed by atoms with Crippen LogP contribution in [0, 0.1) is 6.92 Å². The van der Waals surface area contributed by atoms with Crippen LogP contribution in [0.15, 0.2) is 115 Å². The number of fused-ring (bicyclic) bond motifs is 12. The van der Waals surface area contributed by atoms with E-state index in [-0.39, 0.29) is 16.4 Å². The predicted molar refractivity (Wildman–Crippen MR) is 207 cm³/mol. The van der Waals surface area contributed by atoms with Crippen LogP contribution in [0.25, 0.3) is 54.6 Å². The van der Waals surface area contributed by atoms with Crippen LogP contribution in [-0.2, 0) is 16.4 Å². The zero-order valence-corrected chi connectivity index (χ0v) is 29.2. The Kier molecular flexibility index (Phi) is 5.99. The molecule has 9 rings (SSSR count). The highest BCUT2D eigenvalue weighted by Crippen LogP contribution is 2.57. The third kappa shape index (κ3) is 3.91. The maximum atomic E-state index is 3.88. The standard InChI is InChI=1S/C47H43N/c1-8-47(7,48-30-20-17-28(2)18-21-30)29-19-22-35-39-26-44-40(27-43(39)45(3,4)41(35)23-29)38-24-36-33-15-11-9-13-31(33)32-14-10-12-16-34(32)37(36)25-42(38)46(44,5)6/h9-27,48H,8H2,1-7H3. The number of benzene rings is 7. The summed E-state index contributed by atoms with van der Waals surface area (Å²) in [6.07, 6.45) is 0.990. The van der Waals surface area contributed by atoms with E-state index in [0.29, 0.717) is 0 Å². The van der Waals surface area contributed by atoms with Crippen LogP contribution in [-0.4, -0.2) is 0 Å². The van der Waals surface area contributed by atoms with Gasteiger partial charge >= 0.3 is 0 Å². The molecule has 0 fully saturated rings. The van der Waals surface area contributed by atoms with Crippen molar-refractivity contribution in [1.82, 2.24) is 0 Å². The zero-order valence-electron chi connectivity index (χ0n) is 29.2. The quantitative estimate of drug-likeness (QED) is 0.193. The molecule has 1 heteroatoms. The summed E-state index contributed by atoms with van der Waals surface area (Å²) in [6, 6.07) is 44.0. The van der Waals surface area contributed by atoms with Crippen LogP contribution in [0.3, 0.4) is 0 Å². The van der Waals surface area contributed by atoms with E-state index >= 15 is 0 Å². The molecule has 48 heavy (non-hydrogen) atoms. The molecule has 0 amide bonds. The summed E-state index contributed by atoms with van der Waals surface area (Å²) in [7, 11) is 0. The fraction of sp³-hybridized carbons (Fsp3) is 0.234. The molecule has 0 aliphatic heterocycles. The molecule has 0 saturated carbocycles. The summed E-state index contributed by atoms with van der Waals surface area (Å²) in [5.41, 5.74) is 14.7. The maximum Gasteiger partial charge on any atom is 0.0594 e. The summed E-state index contributed by atoms with van der Waals surface area (Å²) >= 11 is 0. The van der Waals surface area contributed by atoms with Crippen molar-refractivity contribution in [3.8, 4) is 22.3 Å². The number of hydrogen-bond donors (Lipinski definition) is 1. The summed E-state index contributed by atoms with van der Waals surface area (Å²) in [5.74, 6) is 0. The fourth-order valence-corrected chi connectivity index (χ4v) is 9.02. The van der Waals surface area contributed by atoms with E-state index in [0.717, 1.165) is 6.42 Å². The monoisotopic (exact) mass is 621 g/mol. The molecule has 0 aromatic heterocycles. The highest BCUT2D eigenvalue weighted by Gasteiger charge is 2.42. The third-order valence-corrected chi connectivity index (χ3v) is 12.1. The smallest absolute Gasteiger partial charge is 0.0594 e. The van der Waals surface area contributed by atoms with E-state index in [2.05, 4.69) is 169 Å². The Bertz CT molecular complexity index is 2480. The van der Waals surface area contributed by atoms with Gasteiger partial charge < -0.3 is 5.32 Å². The first-order chi connectivity index (χ1) is 23.0. The topological polar surface area (TPSA) is 12.0 Å². The maximum absolute atomic E-state index is 3.88. The average Bonchev–Trinajstić information content (AvgIpc) is 3.46. The van der Waals surface area contributed by atoms with Gasteiger partial charge in [0.25, 0.3) is 0 Å². The van der Waals surface area contributed by atoms with Crippen molar-refractivity contribution in [2.45, 2.75) is 71.3 Å². The molecule has 0 heterocycles. The second-order valence-corrected chi connectivity index (χ2v) is 15.7. The van der Waals surface area contributed by atoms with Gasteiger partial charge in [-0.1, -0.05) is 119 Å². The molecule has 0 saturated heterocycles. The fourth-order valence-electron chi connectivity index (χ4n) is 9.02. The van der Waals surface area contributed by atoms with Crippen molar-refractivity contribution < 1.29 is 0 Å². The van der Waals surface area contributed by atoms with Gasteiger partial charge in [-0.05, 0) is 139 Å².